The van der Waals surface area contributed by atoms with Gasteiger partial charge in [0.25, 0.3) is 5.69 Å². The van der Waals surface area contributed by atoms with Crippen LogP contribution in [0.5, 0.6) is 5.75 Å². The average molecular weight is 286 g/mol. The molecule has 0 aliphatic rings. The predicted octanol–water partition coefficient (Wildman–Crippen LogP) is 2.81. The molecule has 0 saturated carbocycles. The first-order valence-corrected chi connectivity index (χ1v) is 6.88. The standard InChI is InChI=1S/C16H18N2O3/c19-18(20)16-9-5-4-6-14(16)10-11-17-12-13-21-15-7-2-1-3-8-15/h1-9,17H,10-13H2. The maximum absolute atomic E-state index is 10.9. The third-order valence-corrected chi connectivity index (χ3v) is 3.05. The summed E-state index contributed by atoms with van der Waals surface area (Å²) in [5, 5.41) is 14.1. The van der Waals surface area contributed by atoms with E-state index in [-0.39, 0.29) is 10.6 Å². The largest absolute Gasteiger partial charge is 0.492 e. The van der Waals surface area contributed by atoms with Gasteiger partial charge in [0.2, 0.25) is 0 Å². The van der Waals surface area contributed by atoms with Crippen molar-refractivity contribution in [3.8, 4) is 5.75 Å². The second-order valence-electron chi connectivity index (χ2n) is 4.55. The van der Waals surface area contributed by atoms with E-state index in [1.54, 1.807) is 12.1 Å². The van der Waals surface area contributed by atoms with E-state index in [9.17, 15) is 10.1 Å². The lowest BCUT2D eigenvalue weighted by atomic mass is 10.1. The number of nitrogens with one attached hydrogen (secondary N) is 1. The highest BCUT2D eigenvalue weighted by Crippen LogP contribution is 2.17. The fraction of sp³-hybridized carbons (Fsp3) is 0.250. The normalized spacial score (nSPS) is 10.3. The number of nitro groups is 1. The van der Waals surface area contributed by atoms with Crippen molar-refractivity contribution in [1.82, 2.24) is 5.32 Å². The minimum atomic E-state index is -0.339. The molecule has 0 saturated heterocycles. The Hall–Kier alpha value is -2.40. The smallest absolute Gasteiger partial charge is 0.272 e. The Morgan fingerprint density at radius 2 is 1.71 bits per heavy atom. The number of nitro benzene ring substituents is 1. The number of rotatable bonds is 8. The molecule has 0 atom stereocenters. The van der Waals surface area contributed by atoms with Gasteiger partial charge in [0.15, 0.2) is 0 Å². The Labute approximate surface area is 123 Å². The van der Waals surface area contributed by atoms with E-state index in [0.29, 0.717) is 26.1 Å². The summed E-state index contributed by atoms with van der Waals surface area (Å²) in [5.74, 6) is 0.845. The molecule has 5 nitrogen and oxygen atoms in total. The maximum atomic E-state index is 10.9. The SMILES string of the molecule is O=[N+]([O-])c1ccccc1CCNCCOc1ccccc1. The summed E-state index contributed by atoms with van der Waals surface area (Å²) in [7, 11) is 0. The van der Waals surface area contributed by atoms with Crippen molar-refractivity contribution in [3.05, 3.63) is 70.3 Å². The molecule has 0 fully saturated rings. The third-order valence-electron chi connectivity index (χ3n) is 3.05. The third kappa shape index (κ3) is 4.89. The van der Waals surface area contributed by atoms with Crippen molar-refractivity contribution < 1.29 is 9.66 Å². The summed E-state index contributed by atoms with van der Waals surface area (Å²) in [6, 6.07) is 16.4. The summed E-state index contributed by atoms with van der Waals surface area (Å²) in [6.45, 7) is 1.96. The molecule has 0 heterocycles. The van der Waals surface area contributed by atoms with Gasteiger partial charge >= 0.3 is 0 Å². The minimum Gasteiger partial charge on any atom is -0.492 e. The summed E-state index contributed by atoms with van der Waals surface area (Å²) in [6.07, 6.45) is 0.627. The van der Waals surface area contributed by atoms with Crippen LogP contribution in [0.2, 0.25) is 0 Å². The van der Waals surface area contributed by atoms with Gasteiger partial charge < -0.3 is 10.1 Å². The molecule has 0 aliphatic heterocycles. The van der Waals surface area contributed by atoms with Crippen LogP contribution >= 0.6 is 0 Å². The van der Waals surface area contributed by atoms with Crippen molar-refractivity contribution in [3.63, 3.8) is 0 Å². The van der Waals surface area contributed by atoms with Gasteiger partial charge in [-0.2, -0.15) is 0 Å². The number of hydrogen-bond acceptors (Lipinski definition) is 4. The number of ether oxygens (including phenoxy) is 1. The molecule has 5 heteroatoms. The first-order valence-electron chi connectivity index (χ1n) is 6.88. The van der Waals surface area contributed by atoms with E-state index >= 15 is 0 Å². The molecule has 0 bridgehead atoms. The van der Waals surface area contributed by atoms with E-state index in [1.165, 1.54) is 6.07 Å². The molecular formula is C16H18N2O3. The molecule has 21 heavy (non-hydrogen) atoms. The fourth-order valence-corrected chi connectivity index (χ4v) is 2.01. The molecule has 110 valence electrons. The first-order chi connectivity index (χ1) is 10.3. The van der Waals surface area contributed by atoms with Crippen LogP contribution in [-0.2, 0) is 6.42 Å². The van der Waals surface area contributed by atoms with Crippen LogP contribution in [0.15, 0.2) is 54.6 Å². The van der Waals surface area contributed by atoms with Crippen LogP contribution in [0.4, 0.5) is 5.69 Å². The fourth-order valence-electron chi connectivity index (χ4n) is 2.01. The highest BCUT2D eigenvalue weighted by molar-refractivity contribution is 5.39. The van der Waals surface area contributed by atoms with Gasteiger partial charge in [-0.15, -0.1) is 0 Å². The van der Waals surface area contributed by atoms with Crippen molar-refractivity contribution in [2.24, 2.45) is 0 Å². The molecule has 1 N–H and O–H groups in total. The number of benzene rings is 2. The molecule has 0 aliphatic carbocycles. The Bertz CT molecular complexity index is 573. The Balaban J connectivity index is 1.67. The lowest BCUT2D eigenvalue weighted by Gasteiger charge is -2.07. The predicted molar refractivity (Wildman–Crippen MR) is 81.6 cm³/mol. The van der Waals surface area contributed by atoms with Gasteiger partial charge in [0, 0.05) is 18.2 Å². The maximum Gasteiger partial charge on any atom is 0.272 e. The lowest BCUT2D eigenvalue weighted by Crippen LogP contribution is -2.23. The van der Waals surface area contributed by atoms with Crippen molar-refractivity contribution in [2.45, 2.75) is 6.42 Å². The van der Waals surface area contributed by atoms with Crippen LogP contribution in [0.3, 0.4) is 0 Å². The molecule has 0 amide bonds. The summed E-state index contributed by atoms with van der Waals surface area (Å²) >= 11 is 0. The average Bonchev–Trinajstić information content (AvgIpc) is 2.52. The van der Waals surface area contributed by atoms with E-state index in [0.717, 1.165) is 11.3 Å². The molecule has 2 rings (SSSR count). The van der Waals surface area contributed by atoms with Gasteiger partial charge in [-0.05, 0) is 25.1 Å². The van der Waals surface area contributed by atoms with E-state index in [2.05, 4.69) is 5.32 Å². The van der Waals surface area contributed by atoms with Crippen LogP contribution in [0.1, 0.15) is 5.56 Å². The quantitative estimate of drug-likeness (QED) is 0.460. The number of hydrogen-bond donors (Lipinski definition) is 1. The van der Waals surface area contributed by atoms with Crippen LogP contribution in [-0.4, -0.2) is 24.6 Å². The van der Waals surface area contributed by atoms with E-state index in [4.69, 9.17) is 4.74 Å². The highest BCUT2D eigenvalue weighted by Gasteiger charge is 2.11. The zero-order valence-electron chi connectivity index (χ0n) is 11.7. The van der Waals surface area contributed by atoms with Gasteiger partial charge in [0.1, 0.15) is 12.4 Å². The topological polar surface area (TPSA) is 64.4 Å². The van der Waals surface area contributed by atoms with Crippen molar-refractivity contribution >= 4 is 5.69 Å². The first kappa shape index (κ1) is 15.0. The summed E-state index contributed by atoms with van der Waals surface area (Å²) in [5.41, 5.74) is 0.929. The van der Waals surface area contributed by atoms with Crippen LogP contribution < -0.4 is 10.1 Å². The zero-order chi connectivity index (χ0) is 14.9. The van der Waals surface area contributed by atoms with Crippen molar-refractivity contribution in [2.75, 3.05) is 19.7 Å². The Kier molecular flexibility index (Phi) is 5.72. The molecule has 2 aromatic carbocycles. The zero-order valence-corrected chi connectivity index (χ0v) is 11.7. The van der Waals surface area contributed by atoms with Gasteiger partial charge in [-0.25, -0.2) is 0 Å². The van der Waals surface area contributed by atoms with E-state index in [1.807, 2.05) is 36.4 Å². The molecule has 0 unspecified atom stereocenters. The monoisotopic (exact) mass is 286 g/mol. The molecule has 0 aromatic heterocycles. The van der Waals surface area contributed by atoms with Gasteiger partial charge in [0.05, 0.1) is 4.92 Å². The summed E-state index contributed by atoms with van der Waals surface area (Å²) < 4.78 is 5.55. The lowest BCUT2D eigenvalue weighted by molar-refractivity contribution is -0.385. The van der Waals surface area contributed by atoms with Crippen LogP contribution in [0.25, 0.3) is 0 Å². The van der Waals surface area contributed by atoms with Gasteiger partial charge in [-0.1, -0.05) is 36.4 Å². The molecule has 2 aromatic rings. The number of para-hydroxylation sites is 2. The van der Waals surface area contributed by atoms with Gasteiger partial charge in [-0.3, -0.25) is 10.1 Å². The minimum absolute atomic E-state index is 0.180. The Morgan fingerprint density at radius 3 is 2.48 bits per heavy atom. The highest BCUT2D eigenvalue weighted by atomic mass is 16.6. The second-order valence-corrected chi connectivity index (χ2v) is 4.55. The number of nitrogens with zero attached hydrogens (tertiary/aromatic N) is 1. The molecule has 0 radical (unpaired) electrons. The Morgan fingerprint density at radius 1 is 1.00 bits per heavy atom. The van der Waals surface area contributed by atoms with E-state index < -0.39 is 0 Å². The second kappa shape index (κ2) is 8.01. The van der Waals surface area contributed by atoms with Crippen molar-refractivity contribution in [1.29, 1.82) is 0 Å². The molecule has 0 spiro atoms. The molecular weight excluding hydrogens is 268 g/mol. The summed E-state index contributed by atoms with van der Waals surface area (Å²) in [4.78, 5) is 10.5. The van der Waals surface area contributed by atoms with Crippen LogP contribution in [0, 0.1) is 10.1 Å².